The lowest BCUT2D eigenvalue weighted by molar-refractivity contribution is 0.290. The standard InChI is InChI=1S/C11H19N3/c1-9(2)5-11-3-4-13-14(11)8-10-6-12-7-10/h3-4,9-10,12H,5-8H2,1-2H3. The fourth-order valence-corrected chi connectivity index (χ4v) is 1.84. The Kier molecular flexibility index (Phi) is 2.87. The van der Waals surface area contributed by atoms with Crippen molar-refractivity contribution in [1.29, 1.82) is 0 Å². The van der Waals surface area contributed by atoms with Gasteiger partial charge in [-0.15, -0.1) is 0 Å². The molecule has 1 N–H and O–H groups in total. The maximum atomic E-state index is 4.38. The Morgan fingerprint density at radius 1 is 1.57 bits per heavy atom. The highest BCUT2D eigenvalue weighted by atomic mass is 15.3. The van der Waals surface area contributed by atoms with E-state index in [4.69, 9.17) is 0 Å². The minimum absolute atomic E-state index is 0.713. The predicted molar refractivity (Wildman–Crippen MR) is 57.1 cm³/mol. The van der Waals surface area contributed by atoms with Crippen LogP contribution < -0.4 is 5.32 Å². The molecule has 1 aromatic heterocycles. The van der Waals surface area contributed by atoms with Crippen molar-refractivity contribution in [2.24, 2.45) is 11.8 Å². The lowest BCUT2D eigenvalue weighted by Gasteiger charge is -2.27. The number of aromatic nitrogens is 2. The minimum atomic E-state index is 0.713. The van der Waals surface area contributed by atoms with Gasteiger partial charge >= 0.3 is 0 Å². The van der Waals surface area contributed by atoms with Crippen LogP contribution >= 0.6 is 0 Å². The van der Waals surface area contributed by atoms with E-state index in [-0.39, 0.29) is 0 Å². The normalized spacial score (nSPS) is 17.4. The van der Waals surface area contributed by atoms with E-state index in [0.717, 1.165) is 32.0 Å². The number of rotatable bonds is 4. The smallest absolute Gasteiger partial charge is 0.0492 e. The zero-order valence-electron chi connectivity index (χ0n) is 9.03. The summed E-state index contributed by atoms with van der Waals surface area (Å²) < 4.78 is 2.17. The first-order valence-electron chi connectivity index (χ1n) is 5.47. The van der Waals surface area contributed by atoms with Gasteiger partial charge in [0.25, 0.3) is 0 Å². The summed E-state index contributed by atoms with van der Waals surface area (Å²) in [4.78, 5) is 0. The molecule has 1 saturated heterocycles. The van der Waals surface area contributed by atoms with Gasteiger partial charge in [-0.2, -0.15) is 5.10 Å². The molecule has 0 amide bonds. The van der Waals surface area contributed by atoms with Crippen LogP contribution in [0.3, 0.4) is 0 Å². The second-order valence-corrected chi connectivity index (χ2v) is 4.63. The molecule has 2 heterocycles. The maximum Gasteiger partial charge on any atom is 0.0492 e. The van der Waals surface area contributed by atoms with Crippen molar-refractivity contribution in [2.45, 2.75) is 26.8 Å². The second-order valence-electron chi connectivity index (χ2n) is 4.63. The second kappa shape index (κ2) is 4.13. The third-order valence-electron chi connectivity index (χ3n) is 2.72. The average molecular weight is 193 g/mol. The van der Waals surface area contributed by atoms with Gasteiger partial charge in [0.1, 0.15) is 0 Å². The van der Waals surface area contributed by atoms with Gasteiger partial charge in [0.2, 0.25) is 0 Å². The summed E-state index contributed by atoms with van der Waals surface area (Å²) in [5.74, 6) is 1.51. The van der Waals surface area contributed by atoms with Crippen molar-refractivity contribution in [2.75, 3.05) is 13.1 Å². The highest BCUT2D eigenvalue weighted by Gasteiger charge is 2.18. The average Bonchev–Trinajstić information content (AvgIpc) is 2.44. The van der Waals surface area contributed by atoms with Crippen molar-refractivity contribution in [1.82, 2.24) is 15.1 Å². The quantitative estimate of drug-likeness (QED) is 0.781. The topological polar surface area (TPSA) is 29.9 Å². The molecule has 1 aliphatic rings. The summed E-state index contributed by atoms with van der Waals surface area (Å²) in [5.41, 5.74) is 1.38. The zero-order chi connectivity index (χ0) is 9.97. The Labute approximate surface area is 85.5 Å². The Balaban J connectivity index is 1.97. The predicted octanol–water partition coefficient (Wildman–Crippen LogP) is 1.30. The Bertz CT molecular complexity index is 286. The molecule has 3 heteroatoms. The van der Waals surface area contributed by atoms with E-state index >= 15 is 0 Å². The third-order valence-corrected chi connectivity index (χ3v) is 2.72. The number of hydrogen-bond donors (Lipinski definition) is 1. The molecule has 1 aromatic rings. The van der Waals surface area contributed by atoms with Crippen LogP contribution in [0, 0.1) is 11.8 Å². The van der Waals surface area contributed by atoms with Crippen LogP contribution in [0.2, 0.25) is 0 Å². The SMILES string of the molecule is CC(C)Cc1ccnn1CC1CNC1. The van der Waals surface area contributed by atoms with Crippen molar-refractivity contribution < 1.29 is 0 Å². The highest BCUT2D eigenvalue weighted by Crippen LogP contribution is 2.11. The molecule has 0 unspecified atom stereocenters. The first kappa shape index (κ1) is 9.71. The van der Waals surface area contributed by atoms with Crippen LogP contribution in [0.25, 0.3) is 0 Å². The van der Waals surface area contributed by atoms with Gasteiger partial charge in [-0.3, -0.25) is 4.68 Å². The molecule has 0 saturated carbocycles. The van der Waals surface area contributed by atoms with E-state index < -0.39 is 0 Å². The van der Waals surface area contributed by atoms with Crippen LogP contribution in [0.4, 0.5) is 0 Å². The van der Waals surface area contributed by atoms with E-state index in [1.165, 1.54) is 5.69 Å². The van der Waals surface area contributed by atoms with Crippen LogP contribution in [0.5, 0.6) is 0 Å². The molecule has 0 atom stereocenters. The summed E-state index contributed by atoms with van der Waals surface area (Å²) in [6.07, 6.45) is 3.06. The maximum absolute atomic E-state index is 4.38. The van der Waals surface area contributed by atoms with Crippen LogP contribution in [-0.4, -0.2) is 22.9 Å². The molecule has 78 valence electrons. The molecule has 0 bridgehead atoms. The van der Waals surface area contributed by atoms with Gasteiger partial charge in [-0.05, 0) is 18.4 Å². The molecule has 0 radical (unpaired) electrons. The van der Waals surface area contributed by atoms with Gasteiger partial charge in [0.05, 0.1) is 0 Å². The summed E-state index contributed by atoms with van der Waals surface area (Å²) >= 11 is 0. The van der Waals surface area contributed by atoms with E-state index in [9.17, 15) is 0 Å². The summed E-state index contributed by atoms with van der Waals surface area (Å²) in [6, 6.07) is 2.14. The molecule has 1 aliphatic heterocycles. The highest BCUT2D eigenvalue weighted by molar-refractivity contribution is 5.01. The molecule has 14 heavy (non-hydrogen) atoms. The Morgan fingerprint density at radius 2 is 2.36 bits per heavy atom. The molecular weight excluding hydrogens is 174 g/mol. The van der Waals surface area contributed by atoms with Crippen molar-refractivity contribution in [3.63, 3.8) is 0 Å². The van der Waals surface area contributed by atoms with Crippen LogP contribution in [0.1, 0.15) is 19.5 Å². The van der Waals surface area contributed by atoms with Gasteiger partial charge < -0.3 is 5.32 Å². The van der Waals surface area contributed by atoms with E-state index in [2.05, 4.69) is 35.0 Å². The van der Waals surface area contributed by atoms with Crippen molar-refractivity contribution in [3.05, 3.63) is 18.0 Å². The van der Waals surface area contributed by atoms with Crippen molar-refractivity contribution >= 4 is 0 Å². The Hall–Kier alpha value is -0.830. The van der Waals surface area contributed by atoms with E-state index in [1.807, 2.05) is 6.20 Å². The fraction of sp³-hybridized carbons (Fsp3) is 0.727. The minimum Gasteiger partial charge on any atom is -0.316 e. The largest absolute Gasteiger partial charge is 0.316 e. The van der Waals surface area contributed by atoms with Gasteiger partial charge in [-0.25, -0.2) is 0 Å². The number of nitrogens with zero attached hydrogens (tertiary/aromatic N) is 2. The van der Waals surface area contributed by atoms with E-state index in [1.54, 1.807) is 0 Å². The molecule has 0 aromatic carbocycles. The van der Waals surface area contributed by atoms with Gasteiger partial charge in [0, 0.05) is 37.4 Å². The first-order valence-corrected chi connectivity index (χ1v) is 5.47. The summed E-state index contributed by atoms with van der Waals surface area (Å²) in [6.45, 7) is 7.90. The lowest BCUT2D eigenvalue weighted by atomic mass is 10.0. The van der Waals surface area contributed by atoms with Gasteiger partial charge in [-0.1, -0.05) is 13.8 Å². The van der Waals surface area contributed by atoms with Gasteiger partial charge in [0.15, 0.2) is 0 Å². The zero-order valence-corrected chi connectivity index (χ0v) is 9.03. The van der Waals surface area contributed by atoms with Crippen LogP contribution in [-0.2, 0) is 13.0 Å². The summed E-state index contributed by atoms with van der Waals surface area (Å²) in [7, 11) is 0. The Morgan fingerprint density at radius 3 is 2.93 bits per heavy atom. The molecular formula is C11H19N3. The lowest BCUT2D eigenvalue weighted by Crippen LogP contribution is -2.44. The summed E-state index contributed by atoms with van der Waals surface area (Å²) in [5, 5.41) is 7.67. The fourth-order valence-electron chi connectivity index (χ4n) is 1.84. The molecule has 2 rings (SSSR count). The molecule has 0 aliphatic carbocycles. The molecule has 3 nitrogen and oxygen atoms in total. The van der Waals surface area contributed by atoms with Crippen LogP contribution in [0.15, 0.2) is 12.3 Å². The molecule has 0 spiro atoms. The number of hydrogen-bond acceptors (Lipinski definition) is 2. The molecule has 1 fully saturated rings. The number of nitrogens with one attached hydrogen (secondary N) is 1. The first-order chi connectivity index (χ1) is 6.75. The monoisotopic (exact) mass is 193 g/mol. The third kappa shape index (κ3) is 2.15. The van der Waals surface area contributed by atoms with E-state index in [0.29, 0.717) is 5.92 Å². The van der Waals surface area contributed by atoms with Crippen molar-refractivity contribution in [3.8, 4) is 0 Å².